The predicted molar refractivity (Wildman–Crippen MR) is 138 cm³/mol. The van der Waals surface area contributed by atoms with Crippen molar-refractivity contribution in [3.8, 4) is 45.2 Å². The fourth-order valence-electron chi connectivity index (χ4n) is 3.36. The standard InChI is InChI=1S/C16H10N2.C14H9N4.Ir/c1-3-7-13(8-4-1)15-11-17-12-16(18-15)14-9-5-2-6-10-14;1-3-11(13-10-15-7-8-16-13)9-12(4-1)14-17-5-2-6-18-14;/h1-7,9,11-12H;1-8,10H;/q-2;-1;+3. The summed E-state index contributed by atoms with van der Waals surface area (Å²) in [5, 5.41) is 0. The first-order chi connectivity index (χ1) is 17.9. The van der Waals surface area contributed by atoms with Crippen molar-refractivity contribution in [2.24, 2.45) is 0 Å². The van der Waals surface area contributed by atoms with Gasteiger partial charge >= 0.3 is 20.1 Å². The Hall–Kier alpha value is -4.45. The van der Waals surface area contributed by atoms with Crippen LogP contribution in [0.1, 0.15) is 0 Å². The van der Waals surface area contributed by atoms with E-state index < -0.39 is 0 Å². The van der Waals surface area contributed by atoms with Crippen molar-refractivity contribution in [1.82, 2.24) is 29.9 Å². The van der Waals surface area contributed by atoms with Gasteiger partial charge in [-0.1, -0.05) is 11.1 Å². The Labute approximate surface area is 229 Å². The Kier molecular flexibility index (Phi) is 9.02. The van der Waals surface area contributed by atoms with E-state index in [-0.39, 0.29) is 20.1 Å². The minimum absolute atomic E-state index is 0. The molecule has 3 heterocycles. The summed E-state index contributed by atoms with van der Waals surface area (Å²) in [6.07, 6.45) is 11.9. The van der Waals surface area contributed by atoms with Crippen LogP contribution in [0.25, 0.3) is 45.2 Å². The van der Waals surface area contributed by atoms with E-state index in [4.69, 9.17) is 0 Å². The van der Waals surface area contributed by atoms with Gasteiger partial charge in [-0.15, -0.1) is 96.1 Å². The van der Waals surface area contributed by atoms with Gasteiger partial charge in [0.05, 0.1) is 5.82 Å². The summed E-state index contributed by atoms with van der Waals surface area (Å²) in [7, 11) is 0. The number of hydrogen-bond donors (Lipinski definition) is 0. The molecule has 3 aromatic heterocycles. The summed E-state index contributed by atoms with van der Waals surface area (Å²) in [6.45, 7) is 0. The van der Waals surface area contributed by atoms with E-state index in [1.165, 1.54) is 0 Å². The molecule has 0 bridgehead atoms. The zero-order valence-electron chi connectivity index (χ0n) is 19.5. The summed E-state index contributed by atoms with van der Waals surface area (Å²) < 4.78 is 0. The Bertz CT molecular complexity index is 1290. The molecule has 0 aliphatic heterocycles. The molecule has 37 heavy (non-hydrogen) atoms. The fourth-order valence-corrected chi connectivity index (χ4v) is 3.36. The van der Waals surface area contributed by atoms with Crippen molar-refractivity contribution in [2.45, 2.75) is 0 Å². The summed E-state index contributed by atoms with van der Waals surface area (Å²) in [6, 6.07) is 32.6. The van der Waals surface area contributed by atoms with Gasteiger partial charge in [0.1, 0.15) is 0 Å². The maximum Gasteiger partial charge on any atom is 3.00 e. The van der Waals surface area contributed by atoms with Crippen LogP contribution in [0.4, 0.5) is 0 Å². The number of nitrogens with zero attached hydrogens (tertiary/aromatic N) is 6. The topological polar surface area (TPSA) is 77.3 Å². The third-order valence-corrected chi connectivity index (χ3v) is 5.05. The molecule has 7 heteroatoms. The van der Waals surface area contributed by atoms with E-state index in [9.17, 15) is 0 Å². The second kappa shape index (κ2) is 13.0. The molecule has 0 saturated carbocycles. The Morgan fingerprint density at radius 2 is 1.11 bits per heavy atom. The molecule has 0 spiro atoms. The minimum atomic E-state index is 0. The molecular formula is C30H19IrN6. The average Bonchev–Trinajstić information content (AvgIpc) is 2.99. The molecule has 3 aromatic carbocycles. The van der Waals surface area contributed by atoms with Gasteiger partial charge in [0, 0.05) is 49.1 Å². The van der Waals surface area contributed by atoms with Crippen LogP contribution in [0.15, 0.2) is 116 Å². The van der Waals surface area contributed by atoms with Crippen molar-refractivity contribution in [2.75, 3.05) is 0 Å². The van der Waals surface area contributed by atoms with Gasteiger partial charge in [-0.2, -0.15) is 0 Å². The van der Waals surface area contributed by atoms with E-state index in [1.54, 1.807) is 49.4 Å². The minimum Gasteiger partial charge on any atom is -0.342 e. The van der Waals surface area contributed by atoms with Crippen LogP contribution < -0.4 is 0 Å². The van der Waals surface area contributed by atoms with Crippen LogP contribution >= 0.6 is 0 Å². The molecule has 0 amide bonds. The average molecular weight is 656 g/mol. The van der Waals surface area contributed by atoms with Crippen LogP contribution in [-0.2, 0) is 20.1 Å². The first-order valence-electron chi connectivity index (χ1n) is 11.2. The molecule has 0 N–H and O–H groups in total. The third kappa shape index (κ3) is 6.82. The number of rotatable bonds is 4. The third-order valence-electron chi connectivity index (χ3n) is 5.05. The molecule has 0 aliphatic rings. The van der Waals surface area contributed by atoms with Gasteiger partial charge in [0.2, 0.25) is 0 Å². The van der Waals surface area contributed by atoms with Crippen molar-refractivity contribution in [3.63, 3.8) is 0 Å². The van der Waals surface area contributed by atoms with E-state index in [1.807, 2.05) is 66.7 Å². The van der Waals surface area contributed by atoms with Gasteiger partial charge in [-0.25, -0.2) is 0 Å². The molecule has 0 fully saturated rings. The van der Waals surface area contributed by atoms with E-state index in [2.05, 4.69) is 48.1 Å². The van der Waals surface area contributed by atoms with E-state index >= 15 is 0 Å². The zero-order valence-corrected chi connectivity index (χ0v) is 21.9. The first kappa shape index (κ1) is 25.6. The Balaban J connectivity index is 0.000000168. The quantitative estimate of drug-likeness (QED) is 0.223. The number of benzene rings is 3. The van der Waals surface area contributed by atoms with Gasteiger partial charge in [0.15, 0.2) is 0 Å². The second-order valence-electron chi connectivity index (χ2n) is 7.48. The number of aromatic nitrogens is 6. The molecule has 6 nitrogen and oxygen atoms in total. The summed E-state index contributed by atoms with van der Waals surface area (Å²) >= 11 is 0. The molecule has 6 rings (SSSR count). The van der Waals surface area contributed by atoms with Crippen LogP contribution in [0, 0.1) is 18.2 Å². The molecule has 0 radical (unpaired) electrons. The van der Waals surface area contributed by atoms with E-state index in [0.717, 1.165) is 39.3 Å². The van der Waals surface area contributed by atoms with Crippen molar-refractivity contribution in [1.29, 1.82) is 0 Å². The largest absolute Gasteiger partial charge is 3.00 e. The van der Waals surface area contributed by atoms with E-state index in [0.29, 0.717) is 5.82 Å². The first-order valence-corrected chi connectivity index (χ1v) is 11.2. The summed E-state index contributed by atoms with van der Waals surface area (Å²) in [5.41, 5.74) is 6.06. The molecule has 0 saturated heterocycles. The second-order valence-corrected chi connectivity index (χ2v) is 7.48. The van der Waals surface area contributed by atoms with Crippen LogP contribution in [0.3, 0.4) is 0 Å². The molecular weight excluding hydrogens is 637 g/mol. The SMILES string of the molecule is [Ir+3].[c-]1c(-c2cnccn2)cccc1-c1ncccn1.[c-]1ccccc1-c1cncc(-c2[c-]cccc2)n1. The van der Waals surface area contributed by atoms with Gasteiger partial charge < -0.3 is 4.98 Å². The Morgan fingerprint density at radius 3 is 1.70 bits per heavy atom. The Morgan fingerprint density at radius 1 is 0.486 bits per heavy atom. The maximum absolute atomic E-state index is 4.59. The van der Waals surface area contributed by atoms with Gasteiger partial charge in [0.25, 0.3) is 0 Å². The van der Waals surface area contributed by atoms with Gasteiger partial charge in [-0.05, 0) is 17.5 Å². The maximum atomic E-state index is 4.59. The van der Waals surface area contributed by atoms with Crippen LogP contribution in [0.5, 0.6) is 0 Å². The normalized spacial score (nSPS) is 9.95. The van der Waals surface area contributed by atoms with Crippen LogP contribution in [-0.4, -0.2) is 29.9 Å². The summed E-state index contributed by atoms with van der Waals surface area (Å²) in [5.74, 6) is 0.656. The predicted octanol–water partition coefficient (Wildman–Crippen LogP) is 5.81. The van der Waals surface area contributed by atoms with Crippen LogP contribution in [0.2, 0.25) is 0 Å². The smallest absolute Gasteiger partial charge is 0.342 e. The molecule has 0 atom stereocenters. The van der Waals surface area contributed by atoms with Gasteiger partial charge in [-0.3, -0.25) is 24.9 Å². The molecule has 178 valence electrons. The zero-order chi connectivity index (χ0) is 24.4. The monoisotopic (exact) mass is 656 g/mol. The fraction of sp³-hybridized carbons (Fsp3) is 0. The number of hydrogen-bond acceptors (Lipinski definition) is 6. The molecule has 0 aliphatic carbocycles. The van der Waals surface area contributed by atoms with Crippen molar-refractivity contribution >= 4 is 0 Å². The summed E-state index contributed by atoms with van der Waals surface area (Å²) in [4.78, 5) is 25.5. The van der Waals surface area contributed by atoms with Crippen molar-refractivity contribution < 1.29 is 20.1 Å². The van der Waals surface area contributed by atoms with Crippen molar-refractivity contribution in [3.05, 3.63) is 134 Å². The molecule has 0 unspecified atom stereocenters. The molecule has 6 aromatic rings.